The van der Waals surface area contributed by atoms with Crippen LogP contribution in [-0.2, 0) is 12.1 Å². The minimum atomic E-state index is -1.06. The normalized spacial score (nSPS) is 26.4. The number of benzene rings is 1. The van der Waals surface area contributed by atoms with Gasteiger partial charge in [0.05, 0.1) is 18.8 Å². The third-order valence-electron chi connectivity index (χ3n) is 6.38. The number of likely N-dealkylation sites (tertiary alicyclic amines) is 1. The molecule has 2 atom stereocenters. The molecule has 1 aliphatic carbocycles. The van der Waals surface area contributed by atoms with Gasteiger partial charge >= 0.3 is 6.01 Å². The van der Waals surface area contributed by atoms with Crippen LogP contribution in [0.2, 0.25) is 0 Å². The average Bonchev–Trinajstić information content (AvgIpc) is 2.71. The third-order valence-corrected chi connectivity index (χ3v) is 6.38. The molecule has 1 saturated heterocycles. The van der Waals surface area contributed by atoms with Gasteiger partial charge in [-0.05, 0) is 32.8 Å². The monoisotopic (exact) mass is 415 g/mol. The molecular formula is C23H30FN3O3. The van der Waals surface area contributed by atoms with Crippen molar-refractivity contribution in [1.82, 2.24) is 14.9 Å². The van der Waals surface area contributed by atoms with Crippen LogP contribution < -0.4 is 9.47 Å². The van der Waals surface area contributed by atoms with E-state index in [2.05, 4.69) is 14.9 Å². The number of ether oxygens (including phenoxy) is 2. The van der Waals surface area contributed by atoms with Crippen LogP contribution in [-0.4, -0.2) is 46.3 Å². The van der Waals surface area contributed by atoms with E-state index >= 15 is 0 Å². The molecule has 2 aromatic rings. The van der Waals surface area contributed by atoms with Crippen molar-refractivity contribution in [2.75, 3.05) is 26.3 Å². The van der Waals surface area contributed by atoms with Gasteiger partial charge in [-0.15, -0.1) is 0 Å². The van der Waals surface area contributed by atoms with Crippen molar-refractivity contribution in [3.63, 3.8) is 0 Å². The summed E-state index contributed by atoms with van der Waals surface area (Å²) in [4.78, 5) is 11.0. The first-order chi connectivity index (χ1) is 14.6. The SMILES string of the molecule is CCOc1ncc(C2(O)C3CCCC2CN(Cc2ccccc2F)C3)c(OCC)n1. The Balaban J connectivity index is 1.62. The molecule has 1 aromatic carbocycles. The summed E-state index contributed by atoms with van der Waals surface area (Å²) in [6, 6.07) is 7.17. The number of aliphatic hydroxyl groups is 1. The maximum Gasteiger partial charge on any atom is 0.319 e. The van der Waals surface area contributed by atoms with Gasteiger partial charge in [0.25, 0.3) is 0 Å². The van der Waals surface area contributed by atoms with Crippen molar-refractivity contribution in [3.05, 3.63) is 47.4 Å². The molecule has 0 amide bonds. The van der Waals surface area contributed by atoms with Crippen LogP contribution in [0.25, 0.3) is 0 Å². The zero-order valence-corrected chi connectivity index (χ0v) is 17.7. The second-order valence-electron chi connectivity index (χ2n) is 8.17. The van der Waals surface area contributed by atoms with Crippen LogP contribution in [0.1, 0.15) is 44.2 Å². The molecule has 7 heteroatoms. The Morgan fingerprint density at radius 3 is 2.50 bits per heavy atom. The molecule has 0 spiro atoms. The molecule has 6 nitrogen and oxygen atoms in total. The van der Waals surface area contributed by atoms with Crippen LogP contribution in [0.3, 0.4) is 0 Å². The Bertz CT molecular complexity index is 865. The Morgan fingerprint density at radius 2 is 1.83 bits per heavy atom. The first-order valence-electron chi connectivity index (χ1n) is 10.9. The summed E-state index contributed by atoms with van der Waals surface area (Å²) in [6.45, 7) is 6.62. The Kier molecular flexibility index (Phi) is 6.20. The highest BCUT2D eigenvalue weighted by molar-refractivity contribution is 5.34. The van der Waals surface area contributed by atoms with Crippen molar-refractivity contribution in [3.8, 4) is 11.9 Å². The van der Waals surface area contributed by atoms with E-state index in [-0.39, 0.29) is 23.7 Å². The second kappa shape index (κ2) is 8.86. The molecule has 1 aliphatic heterocycles. The quantitative estimate of drug-likeness (QED) is 0.746. The molecule has 0 radical (unpaired) electrons. The van der Waals surface area contributed by atoms with Crippen molar-refractivity contribution in [2.24, 2.45) is 11.8 Å². The smallest absolute Gasteiger partial charge is 0.319 e. The van der Waals surface area contributed by atoms with E-state index < -0.39 is 5.60 Å². The summed E-state index contributed by atoms with van der Waals surface area (Å²) in [5.41, 5.74) is 0.285. The van der Waals surface area contributed by atoms with E-state index in [1.807, 2.05) is 26.0 Å². The fraction of sp³-hybridized carbons (Fsp3) is 0.565. The van der Waals surface area contributed by atoms with Crippen molar-refractivity contribution < 1.29 is 19.0 Å². The van der Waals surface area contributed by atoms with Crippen LogP contribution in [0.5, 0.6) is 11.9 Å². The standard InChI is InChI=1S/C23H30FN3O3/c1-3-29-21-19(12-25-22(26-21)30-4-2)23(28)17-9-7-10-18(23)15-27(14-17)13-16-8-5-6-11-20(16)24/h5-6,8,11-12,17-18,28H,3-4,7,9-10,13-15H2,1-2H3. The summed E-state index contributed by atoms with van der Waals surface area (Å²) in [5.74, 6) is 0.245. The molecule has 2 fully saturated rings. The number of halogens is 1. The second-order valence-corrected chi connectivity index (χ2v) is 8.17. The first kappa shape index (κ1) is 21.0. The predicted molar refractivity (Wildman–Crippen MR) is 111 cm³/mol. The Morgan fingerprint density at radius 1 is 1.13 bits per heavy atom. The number of nitrogens with zero attached hydrogens (tertiary/aromatic N) is 3. The maximum atomic E-state index is 14.2. The van der Waals surface area contributed by atoms with E-state index in [4.69, 9.17) is 9.47 Å². The number of fused-ring (bicyclic) bond motifs is 2. The summed E-state index contributed by atoms with van der Waals surface area (Å²) >= 11 is 0. The Labute approximate surface area is 177 Å². The Hall–Kier alpha value is -2.25. The highest BCUT2D eigenvalue weighted by Crippen LogP contribution is 2.51. The molecule has 30 heavy (non-hydrogen) atoms. The zero-order chi connectivity index (χ0) is 21.1. The number of rotatable bonds is 7. The molecule has 2 heterocycles. The minimum Gasteiger partial charge on any atom is -0.478 e. The largest absolute Gasteiger partial charge is 0.478 e. The number of aromatic nitrogens is 2. The topological polar surface area (TPSA) is 67.7 Å². The molecule has 4 rings (SSSR count). The summed E-state index contributed by atoms with van der Waals surface area (Å²) in [6.07, 6.45) is 4.55. The van der Waals surface area contributed by atoms with Gasteiger partial charge < -0.3 is 14.6 Å². The molecule has 2 aliphatic rings. The van der Waals surface area contributed by atoms with Crippen molar-refractivity contribution in [1.29, 1.82) is 0 Å². The molecule has 2 bridgehead atoms. The van der Waals surface area contributed by atoms with E-state index in [9.17, 15) is 9.50 Å². The van der Waals surface area contributed by atoms with Gasteiger partial charge in [-0.25, -0.2) is 9.37 Å². The van der Waals surface area contributed by atoms with E-state index in [1.165, 1.54) is 6.07 Å². The molecule has 1 N–H and O–H groups in total. The van der Waals surface area contributed by atoms with Gasteiger partial charge in [-0.1, -0.05) is 24.6 Å². The molecule has 2 unspecified atom stereocenters. The van der Waals surface area contributed by atoms with Crippen LogP contribution in [0, 0.1) is 17.7 Å². The van der Waals surface area contributed by atoms with Crippen molar-refractivity contribution >= 4 is 0 Å². The van der Waals surface area contributed by atoms with Gasteiger partial charge in [-0.2, -0.15) is 4.98 Å². The van der Waals surface area contributed by atoms with Gasteiger partial charge in [0, 0.05) is 43.2 Å². The van der Waals surface area contributed by atoms with E-state index in [1.54, 1.807) is 12.3 Å². The first-order valence-corrected chi connectivity index (χ1v) is 10.9. The molecule has 162 valence electrons. The van der Waals surface area contributed by atoms with Gasteiger partial charge in [0.15, 0.2) is 0 Å². The lowest BCUT2D eigenvalue weighted by molar-refractivity contribution is -0.150. The molecule has 1 saturated carbocycles. The fourth-order valence-electron chi connectivity index (χ4n) is 5.05. The summed E-state index contributed by atoms with van der Waals surface area (Å²) in [7, 11) is 0. The third kappa shape index (κ3) is 3.88. The average molecular weight is 416 g/mol. The predicted octanol–water partition coefficient (Wildman–Crippen LogP) is 3.53. The van der Waals surface area contributed by atoms with Gasteiger partial charge in [0.1, 0.15) is 11.4 Å². The van der Waals surface area contributed by atoms with Crippen LogP contribution >= 0.6 is 0 Å². The highest BCUT2D eigenvalue weighted by atomic mass is 19.1. The lowest BCUT2D eigenvalue weighted by Gasteiger charge is -2.53. The van der Waals surface area contributed by atoms with E-state index in [0.29, 0.717) is 49.9 Å². The van der Waals surface area contributed by atoms with Crippen LogP contribution in [0.4, 0.5) is 4.39 Å². The maximum absolute atomic E-state index is 14.2. The van der Waals surface area contributed by atoms with Crippen LogP contribution in [0.15, 0.2) is 30.5 Å². The van der Waals surface area contributed by atoms with Gasteiger partial charge in [0.2, 0.25) is 5.88 Å². The lowest BCUT2D eigenvalue weighted by atomic mass is 9.63. The minimum absolute atomic E-state index is 0.0116. The van der Waals surface area contributed by atoms with Crippen molar-refractivity contribution in [2.45, 2.75) is 45.3 Å². The summed E-state index contributed by atoms with van der Waals surface area (Å²) < 4.78 is 25.4. The number of hydrogen-bond donors (Lipinski definition) is 1. The zero-order valence-electron chi connectivity index (χ0n) is 17.7. The van der Waals surface area contributed by atoms with Gasteiger partial charge in [-0.3, -0.25) is 4.90 Å². The summed E-state index contributed by atoms with van der Waals surface area (Å²) in [5, 5.41) is 12.0. The number of piperidine rings is 1. The molecule has 1 aromatic heterocycles. The highest BCUT2D eigenvalue weighted by Gasteiger charge is 2.53. The number of hydrogen-bond acceptors (Lipinski definition) is 6. The lowest BCUT2D eigenvalue weighted by Crippen LogP contribution is -2.58. The molecular weight excluding hydrogens is 385 g/mol. The fourth-order valence-corrected chi connectivity index (χ4v) is 5.05. The van der Waals surface area contributed by atoms with E-state index in [0.717, 1.165) is 19.3 Å².